The van der Waals surface area contributed by atoms with Crippen molar-refractivity contribution in [2.24, 2.45) is 0 Å². The van der Waals surface area contributed by atoms with Crippen LogP contribution in [0.3, 0.4) is 0 Å². The van der Waals surface area contributed by atoms with Crippen LogP contribution in [0.15, 0.2) is 66.4 Å². The van der Waals surface area contributed by atoms with Crippen LogP contribution in [0.25, 0.3) is 0 Å². The normalized spacial score (nSPS) is 12.7. The molecular formula is C32H47BrN4O3S. The van der Waals surface area contributed by atoms with Crippen LogP contribution in [0.2, 0.25) is 0 Å². The fraction of sp³-hybridized carbons (Fsp3) is 0.438. The Bertz CT molecular complexity index is 1100. The number of alkyl halides is 1. The third kappa shape index (κ3) is 14.0. The maximum Gasteiger partial charge on any atom is 0.258 e. The lowest BCUT2D eigenvalue weighted by atomic mass is 10.1. The Balaban J connectivity index is 0.00000123. The van der Waals surface area contributed by atoms with Gasteiger partial charge < -0.3 is 15.5 Å². The average Bonchev–Trinajstić information content (AvgIpc) is 3.53. The van der Waals surface area contributed by atoms with Gasteiger partial charge in [0.2, 0.25) is 5.91 Å². The largest absolute Gasteiger partial charge is 0.340 e. The van der Waals surface area contributed by atoms with Crippen molar-refractivity contribution in [3.63, 3.8) is 0 Å². The number of likely N-dealkylation sites (tertiary alicyclic amines) is 1. The van der Waals surface area contributed by atoms with E-state index in [2.05, 4.69) is 38.1 Å². The van der Waals surface area contributed by atoms with Gasteiger partial charge in [-0.3, -0.25) is 19.4 Å². The van der Waals surface area contributed by atoms with Crippen LogP contribution in [0, 0.1) is 13.8 Å². The summed E-state index contributed by atoms with van der Waals surface area (Å²) in [6, 6.07) is 8.54. The Morgan fingerprint density at radius 1 is 1.07 bits per heavy atom. The number of carbonyl (C=O) groups is 3. The molecule has 1 atom stereocenters. The first-order valence-electron chi connectivity index (χ1n) is 14.2. The number of amides is 3. The van der Waals surface area contributed by atoms with Crippen molar-refractivity contribution in [2.45, 2.75) is 73.8 Å². The minimum absolute atomic E-state index is 0.0346. The van der Waals surface area contributed by atoms with Crippen LogP contribution in [-0.2, 0) is 9.59 Å². The van der Waals surface area contributed by atoms with Crippen LogP contribution in [0.1, 0.15) is 75.4 Å². The number of hydrogen-bond donors (Lipinski definition) is 2. The second kappa shape index (κ2) is 22.7. The molecule has 1 aromatic heterocycles. The van der Waals surface area contributed by atoms with E-state index in [1.54, 1.807) is 42.7 Å². The summed E-state index contributed by atoms with van der Waals surface area (Å²) in [6.07, 6.45) is 9.26. The standard InChI is InChI=1S/C22H28BrN3O3S.C6H7N.2C2H6/c1-4-8-19(30-14-23)21(28)25-18(5-2)20(27)24-16-9-10-17(15(3)13-16)22(29)26-11-6-7-12-26;1-6-2-4-7-5-3-6;2*1-2/h4,8-10,13,18H,1,5-7,11-12,14H2,2-3H3,(H,24,27)(H,25,28);2-5H,1H3;2*1-2H3/b19-8-;;;. The number of benzene rings is 1. The summed E-state index contributed by atoms with van der Waals surface area (Å²) in [4.78, 5) is 44.0. The van der Waals surface area contributed by atoms with Crippen LogP contribution in [-0.4, -0.2) is 51.4 Å². The molecule has 1 unspecified atom stereocenters. The number of nitrogens with zero attached hydrogens (tertiary/aromatic N) is 2. The molecule has 1 aliphatic rings. The number of rotatable bonds is 9. The van der Waals surface area contributed by atoms with Gasteiger partial charge in [0.15, 0.2) is 0 Å². The van der Waals surface area contributed by atoms with Crippen molar-refractivity contribution in [1.82, 2.24) is 15.2 Å². The first-order chi connectivity index (χ1) is 19.8. The highest BCUT2D eigenvalue weighted by molar-refractivity contribution is 9.11. The molecular weight excluding hydrogens is 600 g/mol. The third-order valence-corrected chi connectivity index (χ3v) is 7.13. The lowest BCUT2D eigenvalue weighted by Gasteiger charge is -2.19. The molecule has 1 aromatic carbocycles. The van der Waals surface area contributed by atoms with Gasteiger partial charge in [0, 0.05) is 36.7 Å². The summed E-state index contributed by atoms with van der Waals surface area (Å²) >= 11 is 4.61. The minimum Gasteiger partial charge on any atom is -0.340 e. The highest BCUT2D eigenvalue weighted by Crippen LogP contribution is 2.21. The van der Waals surface area contributed by atoms with Gasteiger partial charge in [-0.25, -0.2) is 0 Å². The van der Waals surface area contributed by atoms with Crippen molar-refractivity contribution in [3.8, 4) is 0 Å². The number of aryl methyl sites for hydroxylation is 2. The fourth-order valence-electron chi connectivity index (χ4n) is 3.67. The lowest BCUT2D eigenvalue weighted by molar-refractivity contribution is -0.124. The van der Waals surface area contributed by atoms with Crippen molar-refractivity contribution in [1.29, 1.82) is 0 Å². The van der Waals surface area contributed by atoms with E-state index in [1.165, 1.54) is 17.3 Å². The van der Waals surface area contributed by atoms with Gasteiger partial charge in [-0.1, -0.05) is 63.2 Å². The molecule has 1 fully saturated rings. The number of carbonyl (C=O) groups excluding carboxylic acids is 3. The molecule has 1 saturated heterocycles. The van der Waals surface area contributed by atoms with E-state index >= 15 is 0 Å². The highest BCUT2D eigenvalue weighted by atomic mass is 79.9. The van der Waals surface area contributed by atoms with E-state index in [1.807, 2.05) is 65.5 Å². The lowest BCUT2D eigenvalue weighted by Crippen LogP contribution is -2.43. The molecule has 0 spiro atoms. The molecule has 2 heterocycles. The Labute approximate surface area is 259 Å². The Kier molecular flexibility index (Phi) is 21.1. The van der Waals surface area contributed by atoms with E-state index < -0.39 is 6.04 Å². The Morgan fingerprint density at radius 3 is 2.15 bits per heavy atom. The number of pyridine rings is 1. The van der Waals surface area contributed by atoms with Crippen molar-refractivity contribution >= 4 is 51.1 Å². The van der Waals surface area contributed by atoms with E-state index in [4.69, 9.17) is 0 Å². The molecule has 2 N–H and O–H groups in total. The van der Waals surface area contributed by atoms with Gasteiger partial charge in [-0.2, -0.15) is 0 Å². The predicted molar refractivity (Wildman–Crippen MR) is 179 cm³/mol. The Morgan fingerprint density at radius 2 is 1.68 bits per heavy atom. The van der Waals surface area contributed by atoms with Crippen molar-refractivity contribution in [2.75, 3.05) is 23.1 Å². The maximum absolute atomic E-state index is 12.7. The van der Waals surface area contributed by atoms with Crippen LogP contribution >= 0.6 is 27.7 Å². The predicted octanol–water partition coefficient (Wildman–Crippen LogP) is 7.66. The van der Waals surface area contributed by atoms with Gasteiger partial charge in [-0.05, 0) is 80.6 Å². The second-order valence-electron chi connectivity index (χ2n) is 8.50. The smallest absolute Gasteiger partial charge is 0.258 e. The van der Waals surface area contributed by atoms with Crippen molar-refractivity contribution < 1.29 is 14.4 Å². The van der Waals surface area contributed by atoms with Gasteiger partial charge in [0.1, 0.15) is 6.04 Å². The summed E-state index contributed by atoms with van der Waals surface area (Å²) in [5.41, 5.74) is 3.32. The summed E-state index contributed by atoms with van der Waals surface area (Å²) < 4.78 is 0.560. The zero-order valence-corrected chi connectivity index (χ0v) is 28.0. The first-order valence-corrected chi connectivity index (χ1v) is 16.3. The van der Waals surface area contributed by atoms with E-state index in [0.29, 0.717) is 27.2 Å². The molecule has 226 valence electrons. The summed E-state index contributed by atoms with van der Waals surface area (Å²) in [6.45, 7) is 19.0. The molecule has 9 heteroatoms. The SMILES string of the molecule is C=C/C=C(\SCBr)C(=O)NC(CC)C(=O)Nc1ccc(C(=O)N2CCCC2)c(C)c1.CC.CC.Cc1ccncc1. The summed E-state index contributed by atoms with van der Waals surface area (Å²) in [5.74, 6) is -0.581. The van der Waals surface area contributed by atoms with Gasteiger partial charge >= 0.3 is 0 Å². The molecule has 0 aliphatic carbocycles. The zero-order valence-electron chi connectivity index (χ0n) is 25.6. The number of aromatic nitrogens is 1. The molecule has 3 amide bonds. The quantitative estimate of drug-likeness (QED) is 0.166. The van der Waals surface area contributed by atoms with E-state index in [-0.39, 0.29) is 17.7 Å². The Hall–Kier alpha value is -2.91. The third-order valence-electron chi connectivity index (χ3n) is 5.70. The molecule has 41 heavy (non-hydrogen) atoms. The average molecular weight is 648 g/mol. The van der Waals surface area contributed by atoms with Crippen LogP contribution < -0.4 is 10.6 Å². The number of anilines is 1. The zero-order chi connectivity index (χ0) is 31.2. The molecule has 1 aliphatic heterocycles. The molecule has 3 rings (SSSR count). The van der Waals surface area contributed by atoms with E-state index in [0.717, 1.165) is 31.5 Å². The van der Waals surface area contributed by atoms with Gasteiger partial charge in [0.25, 0.3) is 11.8 Å². The number of thioether (sulfide) groups is 1. The molecule has 2 aromatic rings. The number of hydrogen-bond acceptors (Lipinski definition) is 5. The maximum atomic E-state index is 12.7. The van der Waals surface area contributed by atoms with Crippen LogP contribution in [0.4, 0.5) is 5.69 Å². The van der Waals surface area contributed by atoms with Gasteiger partial charge in [-0.15, -0.1) is 11.8 Å². The summed E-state index contributed by atoms with van der Waals surface area (Å²) in [5, 5.41) is 5.61. The number of nitrogens with one attached hydrogen (secondary N) is 2. The molecule has 0 bridgehead atoms. The fourth-order valence-corrected chi connectivity index (χ4v) is 4.91. The first kappa shape index (κ1) is 38.1. The van der Waals surface area contributed by atoms with Crippen molar-refractivity contribution in [3.05, 3.63) is 83.1 Å². The minimum atomic E-state index is -0.673. The monoisotopic (exact) mass is 646 g/mol. The van der Waals surface area contributed by atoms with Gasteiger partial charge in [0.05, 0.1) is 9.57 Å². The number of allylic oxidation sites excluding steroid dienone is 2. The second-order valence-corrected chi connectivity index (χ2v) is 10.8. The molecule has 0 saturated carbocycles. The summed E-state index contributed by atoms with van der Waals surface area (Å²) in [7, 11) is 0. The van der Waals surface area contributed by atoms with E-state index in [9.17, 15) is 14.4 Å². The molecule has 0 radical (unpaired) electrons. The highest BCUT2D eigenvalue weighted by Gasteiger charge is 2.23. The molecule has 7 nitrogen and oxygen atoms in total. The van der Waals surface area contributed by atoms with Crippen LogP contribution in [0.5, 0.6) is 0 Å². The topological polar surface area (TPSA) is 91.4 Å². The number of halogens is 1.